The highest BCUT2D eigenvalue weighted by Crippen LogP contribution is 2.33. The minimum atomic E-state index is -4.72. The smallest absolute Gasteiger partial charge is 0.348 e. The monoisotopic (exact) mass is 533 g/mol. The first kappa shape index (κ1) is 29.1. The first-order valence-corrected chi connectivity index (χ1v) is 13.2. The van der Waals surface area contributed by atoms with Crippen LogP contribution in [0.3, 0.4) is 0 Å². The van der Waals surface area contributed by atoms with E-state index < -0.39 is 27.5 Å². The molecule has 0 saturated carbocycles. The zero-order valence-corrected chi connectivity index (χ0v) is 21.4. The van der Waals surface area contributed by atoms with Gasteiger partial charge in [-0.05, 0) is 61.7 Å². The summed E-state index contributed by atoms with van der Waals surface area (Å²) in [5.74, 6) is -0.944. The van der Waals surface area contributed by atoms with Crippen LogP contribution < -0.4 is 11.1 Å². The fourth-order valence-electron chi connectivity index (χ4n) is 3.94. The van der Waals surface area contributed by atoms with E-state index in [-0.39, 0.29) is 51.5 Å². The molecule has 11 heteroatoms. The molecule has 194 valence electrons. The second kappa shape index (κ2) is 12.2. The van der Waals surface area contributed by atoms with E-state index in [9.17, 15) is 26.4 Å². The van der Waals surface area contributed by atoms with Gasteiger partial charge in [0.25, 0.3) is 5.91 Å². The van der Waals surface area contributed by atoms with Gasteiger partial charge in [0, 0.05) is 36.3 Å². The lowest BCUT2D eigenvalue weighted by Crippen LogP contribution is -2.37. The minimum Gasteiger partial charge on any atom is -0.348 e. The molecule has 1 aliphatic rings. The second-order valence-electron chi connectivity index (χ2n) is 8.24. The SMILES string of the molecule is C=C(CN1CCC[C@H]1CN)/C(=C\C(=C/C)C(=O)NCc1cc(Cl)ccc1S(=O)(=O)CC)C(F)(F)F. The third kappa shape index (κ3) is 7.67. The fourth-order valence-corrected chi connectivity index (χ4v) is 5.25. The van der Waals surface area contributed by atoms with Gasteiger partial charge in [-0.15, -0.1) is 0 Å². The van der Waals surface area contributed by atoms with E-state index in [2.05, 4.69) is 11.9 Å². The summed E-state index contributed by atoms with van der Waals surface area (Å²) in [5.41, 5.74) is 4.59. The van der Waals surface area contributed by atoms with Crippen LogP contribution in [0.5, 0.6) is 0 Å². The molecule has 0 spiro atoms. The van der Waals surface area contributed by atoms with Crippen molar-refractivity contribution < 1.29 is 26.4 Å². The molecule has 0 unspecified atom stereocenters. The lowest BCUT2D eigenvalue weighted by molar-refractivity contribution is -0.117. The largest absolute Gasteiger partial charge is 0.416 e. The molecule has 1 heterocycles. The maximum Gasteiger partial charge on any atom is 0.416 e. The Labute approximate surface area is 209 Å². The Morgan fingerprint density at radius 2 is 2.06 bits per heavy atom. The summed E-state index contributed by atoms with van der Waals surface area (Å²) in [6, 6.07) is 4.17. The van der Waals surface area contributed by atoms with Gasteiger partial charge in [0.2, 0.25) is 0 Å². The molecule has 1 saturated heterocycles. The number of hydrogen-bond donors (Lipinski definition) is 2. The van der Waals surface area contributed by atoms with Gasteiger partial charge in [-0.1, -0.05) is 31.2 Å². The Morgan fingerprint density at radius 1 is 1.37 bits per heavy atom. The number of nitrogens with zero attached hydrogens (tertiary/aromatic N) is 1. The lowest BCUT2D eigenvalue weighted by Gasteiger charge is -2.25. The number of likely N-dealkylation sites (tertiary alicyclic amines) is 1. The number of nitrogens with one attached hydrogen (secondary N) is 1. The molecule has 1 aliphatic heterocycles. The van der Waals surface area contributed by atoms with Crippen molar-refractivity contribution in [2.45, 2.75) is 50.3 Å². The molecule has 35 heavy (non-hydrogen) atoms. The van der Waals surface area contributed by atoms with Gasteiger partial charge in [0.1, 0.15) is 0 Å². The number of nitrogens with two attached hydrogens (primary N) is 1. The summed E-state index contributed by atoms with van der Waals surface area (Å²) in [7, 11) is -3.60. The first-order valence-electron chi connectivity index (χ1n) is 11.2. The fraction of sp³-hybridized carbons (Fsp3) is 0.458. The minimum absolute atomic E-state index is 0.00277. The van der Waals surface area contributed by atoms with Crippen molar-refractivity contribution in [3.05, 3.63) is 64.2 Å². The van der Waals surface area contributed by atoms with E-state index in [0.29, 0.717) is 13.1 Å². The molecule has 0 radical (unpaired) electrons. The highest BCUT2D eigenvalue weighted by atomic mass is 35.5. The van der Waals surface area contributed by atoms with Crippen LogP contribution in [-0.2, 0) is 21.2 Å². The van der Waals surface area contributed by atoms with Crippen molar-refractivity contribution in [3.8, 4) is 0 Å². The van der Waals surface area contributed by atoms with Crippen LogP contribution in [0.4, 0.5) is 13.2 Å². The summed E-state index contributed by atoms with van der Waals surface area (Å²) in [6.07, 6.45) is -1.03. The van der Waals surface area contributed by atoms with Gasteiger partial charge in [0.15, 0.2) is 9.84 Å². The van der Waals surface area contributed by atoms with Crippen LogP contribution in [0.15, 0.2) is 58.5 Å². The number of amides is 1. The number of sulfone groups is 1. The van der Waals surface area contributed by atoms with Gasteiger partial charge < -0.3 is 11.1 Å². The number of benzene rings is 1. The molecule has 1 amide bonds. The van der Waals surface area contributed by atoms with E-state index in [1.807, 2.05) is 4.90 Å². The summed E-state index contributed by atoms with van der Waals surface area (Å²) < 4.78 is 66.4. The van der Waals surface area contributed by atoms with Gasteiger partial charge in [-0.2, -0.15) is 13.2 Å². The van der Waals surface area contributed by atoms with Crippen LogP contribution in [0.25, 0.3) is 0 Å². The van der Waals surface area contributed by atoms with Crippen LogP contribution in [0.1, 0.15) is 32.3 Å². The number of rotatable bonds is 10. The number of hydrogen-bond acceptors (Lipinski definition) is 5. The molecule has 3 N–H and O–H groups in total. The standard InChI is InChI=1S/C24H31ClF3N3O3S/c1-4-17(12-21(24(26,27)28)16(3)15-31-10-6-7-20(31)13-29)23(32)30-14-18-11-19(25)8-9-22(18)35(33,34)5-2/h4,8-9,11-12,20H,3,5-7,10,13-15,29H2,1-2H3,(H,30,32)/b17-4+,21-12+/t20-/m0/s1. The summed E-state index contributed by atoms with van der Waals surface area (Å²) >= 11 is 5.98. The van der Waals surface area contributed by atoms with Crippen molar-refractivity contribution in [2.24, 2.45) is 5.73 Å². The van der Waals surface area contributed by atoms with Crippen LogP contribution in [0, 0.1) is 0 Å². The predicted octanol–water partition coefficient (Wildman–Crippen LogP) is 4.16. The molecule has 6 nitrogen and oxygen atoms in total. The molecular weight excluding hydrogens is 503 g/mol. The highest BCUT2D eigenvalue weighted by Gasteiger charge is 2.37. The quantitative estimate of drug-likeness (QED) is 0.348. The van der Waals surface area contributed by atoms with Crippen LogP contribution in [0.2, 0.25) is 5.02 Å². The molecule has 0 bridgehead atoms. The maximum atomic E-state index is 13.9. The summed E-state index contributed by atoms with van der Waals surface area (Å²) in [5, 5.41) is 2.77. The molecule has 1 fully saturated rings. The average molecular weight is 534 g/mol. The molecule has 2 rings (SSSR count). The van der Waals surface area contributed by atoms with Crippen LogP contribution >= 0.6 is 11.6 Å². The van der Waals surface area contributed by atoms with Crippen molar-refractivity contribution in [1.29, 1.82) is 0 Å². The Kier molecular flexibility index (Phi) is 10.1. The van der Waals surface area contributed by atoms with E-state index >= 15 is 0 Å². The summed E-state index contributed by atoms with van der Waals surface area (Å²) in [6.45, 7) is 7.31. The number of allylic oxidation sites excluding steroid dienone is 1. The number of halogens is 4. The first-order chi connectivity index (χ1) is 16.3. The van der Waals surface area contributed by atoms with Crippen molar-refractivity contribution in [2.75, 3.05) is 25.4 Å². The topological polar surface area (TPSA) is 92.5 Å². The van der Waals surface area contributed by atoms with Gasteiger partial charge in [-0.25, -0.2) is 8.42 Å². The predicted molar refractivity (Wildman–Crippen MR) is 132 cm³/mol. The third-order valence-electron chi connectivity index (χ3n) is 5.90. The van der Waals surface area contributed by atoms with Gasteiger partial charge in [0.05, 0.1) is 16.2 Å². The zero-order chi connectivity index (χ0) is 26.4. The third-order valence-corrected chi connectivity index (χ3v) is 7.97. The van der Waals surface area contributed by atoms with Gasteiger partial charge >= 0.3 is 6.18 Å². The lowest BCUT2D eigenvalue weighted by atomic mass is 10.0. The Balaban J connectivity index is 2.25. The number of carbonyl (C=O) groups is 1. The van der Waals surface area contributed by atoms with E-state index in [4.69, 9.17) is 17.3 Å². The highest BCUT2D eigenvalue weighted by molar-refractivity contribution is 7.91. The average Bonchev–Trinajstić information content (AvgIpc) is 3.24. The van der Waals surface area contributed by atoms with Crippen molar-refractivity contribution in [1.82, 2.24) is 10.2 Å². The molecule has 1 aromatic rings. The zero-order valence-electron chi connectivity index (χ0n) is 19.8. The number of alkyl halides is 3. The molecule has 1 atom stereocenters. The molecule has 1 aromatic carbocycles. The molecule has 0 aromatic heterocycles. The van der Waals surface area contributed by atoms with Gasteiger partial charge in [-0.3, -0.25) is 9.69 Å². The molecular formula is C24H31ClF3N3O3S. The Hall–Kier alpha value is -2.14. The summed E-state index contributed by atoms with van der Waals surface area (Å²) in [4.78, 5) is 14.6. The maximum absolute atomic E-state index is 13.9. The van der Waals surface area contributed by atoms with Crippen molar-refractivity contribution in [3.63, 3.8) is 0 Å². The Bertz CT molecular complexity index is 1110. The normalized spacial score (nSPS) is 18.1. The van der Waals surface area contributed by atoms with Crippen molar-refractivity contribution >= 4 is 27.3 Å². The molecule has 0 aliphatic carbocycles. The van der Waals surface area contributed by atoms with E-state index in [1.54, 1.807) is 0 Å². The Morgan fingerprint density at radius 3 is 2.63 bits per heavy atom. The van der Waals surface area contributed by atoms with Crippen LogP contribution in [-0.4, -0.2) is 56.8 Å². The van der Waals surface area contributed by atoms with E-state index in [0.717, 1.165) is 18.9 Å². The number of carbonyl (C=O) groups excluding carboxylic acids is 1. The van der Waals surface area contributed by atoms with E-state index in [1.165, 1.54) is 38.1 Å². The second-order valence-corrected chi connectivity index (χ2v) is 10.9.